The average molecular weight is 232 g/mol. The molecule has 0 spiro atoms. The minimum absolute atomic E-state index is 0.325. The number of piperidine rings is 1. The van der Waals surface area contributed by atoms with E-state index in [2.05, 4.69) is 20.1 Å². The van der Waals surface area contributed by atoms with Crippen LogP contribution in [0.4, 0.5) is 5.82 Å². The number of nitrogens with zero attached hydrogens (tertiary/aromatic N) is 5. The molecule has 0 unspecified atom stereocenters. The van der Waals surface area contributed by atoms with Crippen molar-refractivity contribution >= 4 is 11.5 Å². The van der Waals surface area contributed by atoms with Crippen LogP contribution in [0.15, 0.2) is 12.4 Å². The maximum Gasteiger partial charge on any atom is 0.203 e. The number of hydrogen-bond donors (Lipinski definition) is 1. The van der Waals surface area contributed by atoms with E-state index in [-0.39, 0.29) is 0 Å². The Morgan fingerprint density at radius 3 is 2.82 bits per heavy atom. The Morgan fingerprint density at radius 1 is 1.29 bits per heavy atom. The Hall–Kier alpha value is -1.69. The van der Waals surface area contributed by atoms with Gasteiger partial charge in [0, 0.05) is 31.5 Å². The zero-order chi connectivity index (χ0) is 11.8. The summed E-state index contributed by atoms with van der Waals surface area (Å²) in [5.74, 6) is 1.80. The highest BCUT2D eigenvalue weighted by Crippen LogP contribution is 2.21. The van der Waals surface area contributed by atoms with Gasteiger partial charge in [0.05, 0.1) is 0 Å². The van der Waals surface area contributed by atoms with Gasteiger partial charge >= 0.3 is 0 Å². The predicted molar refractivity (Wildman–Crippen MR) is 64.9 cm³/mol. The van der Waals surface area contributed by atoms with Crippen LogP contribution in [0.5, 0.6) is 0 Å². The Balaban J connectivity index is 2.00. The van der Waals surface area contributed by atoms with Crippen LogP contribution in [0.25, 0.3) is 5.65 Å². The lowest BCUT2D eigenvalue weighted by molar-refractivity contribution is 0.499. The lowest BCUT2D eigenvalue weighted by Gasteiger charge is -2.30. The summed E-state index contributed by atoms with van der Waals surface area (Å²) < 4.78 is 1.97. The third kappa shape index (κ3) is 1.74. The van der Waals surface area contributed by atoms with Crippen LogP contribution in [0.2, 0.25) is 0 Å². The molecule has 2 aromatic heterocycles. The minimum Gasteiger partial charge on any atom is -0.353 e. The Morgan fingerprint density at radius 2 is 2.06 bits per heavy atom. The van der Waals surface area contributed by atoms with Crippen molar-refractivity contribution in [3.05, 3.63) is 18.2 Å². The van der Waals surface area contributed by atoms with Gasteiger partial charge in [-0.25, -0.2) is 4.98 Å². The van der Waals surface area contributed by atoms with E-state index >= 15 is 0 Å². The van der Waals surface area contributed by atoms with E-state index in [1.165, 1.54) is 0 Å². The molecule has 0 aromatic carbocycles. The van der Waals surface area contributed by atoms with Crippen molar-refractivity contribution in [3.63, 3.8) is 0 Å². The molecule has 0 amide bonds. The molecule has 1 aliphatic rings. The van der Waals surface area contributed by atoms with Gasteiger partial charge in [-0.1, -0.05) is 0 Å². The third-order valence-corrected chi connectivity index (χ3v) is 3.32. The highest BCUT2D eigenvalue weighted by atomic mass is 15.3. The molecule has 6 heteroatoms. The van der Waals surface area contributed by atoms with Crippen LogP contribution in [0.3, 0.4) is 0 Å². The normalized spacial score (nSPS) is 17.9. The van der Waals surface area contributed by atoms with Gasteiger partial charge in [-0.2, -0.15) is 0 Å². The first-order valence-electron chi connectivity index (χ1n) is 5.92. The van der Waals surface area contributed by atoms with E-state index in [4.69, 9.17) is 5.73 Å². The van der Waals surface area contributed by atoms with Crippen molar-refractivity contribution in [1.29, 1.82) is 0 Å². The number of anilines is 1. The van der Waals surface area contributed by atoms with Gasteiger partial charge in [-0.15, -0.1) is 10.2 Å². The number of fused-ring (bicyclic) bond motifs is 1. The minimum atomic E-state index is 0.325. The SMILES string of the molecule is Cc1nnc2c(N3CCC(N)CC3)nccn12. The summed E-state index contributed by atoms with van der Waals surface area (Å²) in [5, 5.41) is 8.28. The predicted octanol–water partition coefficient (Wildman–Crippen LogP) is 0.360. The van der Waals surface area contributed by atoms with E-state index in [0.717, 1.165) is 43.2 Å². The van der Waals surface area contributed by atoms with Crippen molar-refractivity contribution in [2.24, 2.45) is 5.73 Å². The molecule has 1 fully saturated rings. The van der Waals surface area contributed by atoms with Gasteiger partial charge in [-0.05, 0) is 19.8 Å². The number of aryl methyl sites for hydroxylation is 1. The molecule has 3 heterocycles. The molecular formula is C11H16N6. The first-order valence-corrected chi connectivity index (χ1v) is 5.92. The Bertz CT molecular complexity index is 526. The molecular weight excluding hydrogens is 216 g/mol. The summed E-state index contributed by atoms with van der Waals surface area (Å²) in [6, 6.07) is 0.325. The largest absolute Gasteiger partial charge is 0.353 e. The zero-order valence-corrected chi connectivity index (χ0v) is 9.87. The zero-order valence-electron chi connectivity index (χ0n) is 9.87. The molecule has 1 aliphatic heterocycles. The fraction of sp³-hybridized carbons (Fsp3) is 0.545. The summed E-state index contributed by atoms with van der Waals surface area (Å²) in [6.07, 6.45) is 5.71. The van der Waals surface area contributed by atoms with Crippen molar-refractivity contribution in [2.75, 3.05) is 18.0 Å². The second-order valence-electron chi connectivity index (χ2n) is 4.52. The van der Waals surface area contributed by atoms with Crippen LogP contribution >= 0.6 is 0 Å². The molecule has 3 rings (SSSR count). The smallest absolute Gasteiger partial charge is 0.203 e. The molecule has 2 aromatic rings. The number of hydrogen-bond acceptors (Lipinski definition) is 5. The van der Waals surface area contributed by atoms with Crippen molar-refractivity contribution in [3.8, 4) is 0 Å². The Kier molecular flexibility index (Phi) is 2.44. The first kappa shape index (κ1) is 10.5. The van der Waals surface area contributed by atoms with E-state index in [1.54, 1.807) is 6.20 Å². The van der Waals surface area contributed by atoms with Gasteiger partial charge in [0.2, 0.25) is 5.65 Å². The average Bonchev–Trinajstić information content (AvgIpc) is 2.73. The molecule has 2 N–H and O–H groups in total. The molecule has 1 saturated heterocycles. The summed E-state index contributed by atoms with van der Waals surface area (Å²) >= 11 is 0. The van der Waals surface area contributed by atoms with Crippen LogP contribution in [0, 0.1) is 6.92 Å². The van der Waals surface area contributed by atoms with Crippen LogP contribution in [0.1, 0.15) is 18.7 Å². The highest BCUT2D eigenvalue weighted by Gasteiger charge is 2.20. The number of aromatic nitrogens is 4. The van der Waals surface area contributed by atoms with Crippen LogP contribution < -0.4 is 10.6 Å². The fourth-order valence-electron chi connectivity index (χ4n) is 2.26. The molecule has 0 radical (unpaired) electrons. The second kappa shape index (κ2) is 3.96. The number of nitrogens with two attached hydrogens (primary N) is 1. The van der Waals surface area contributed by atoms with Gasteiger partial charge in [0.25, 0.3) is 0 Å². The van der Waals surface area contributed by atoms with Crippen molar-refractivity contribution < 1.29 is 0 Å². The lowest BCUT2D eigenvalue weighted by Crippen LogP contribution is -2.40. The third-order valence-electron chi connectivity index (χ3n) is 3.32. The van der Waals surface area contributed by atoms with Gasteiger partial charge in [0.1, 0.15) is 5.82 Å². The molecule has 6 nitrogen and oxygen atoms in total. The molecule has 0 atom stereocenters. The quantitative estimate of drug-likeness (QED) is 0.768. The monoisotopic (exact) mass is 232 g/mol. The summed E-state index contributed by atoms with van der Waals surface area (Å²) in [6.45, 7) is 3.83. The van der Waals surface area contributed by atoms with Gasteiger partial charge in [0.15, 0.2) is 5.82 Å². The molecule has 0 bridgehead atoms. The summed E-state index contributed by atoms with van der Waals surface area (Å²) in [5.41, 5.74) is 6.75. The maximum atomic E-state index is 5.91. The van der Waals surface area contributed by atoms with E-state index in [9.17, 15) is 0 Å². The van der Waals surface area contributed by atoms with Crippen molar-refractivity contribution in [1.82, 2.24) is 19.6 Å². The van der Waals surface area contributed by atoms with Gasteiger partial charge in [-0.3, -0.25) is 4.40 Å². The highest BCUT2D eigenvalue weighted by molar-refractivity contribution is 5.63. The van der Waals surface area contributed by atoms with Crippen LogP contribution in [-0.2, 0) is 0 Å². The molecule has 90 valence electrons. The number of rotatable bonds is 1. The molecule has 0 aliphatic carbocycles. The first-order chi connectivity index (χ1) is 8.25. The molecule has 17 heavy (non-hydrogen) atoms. The van der Waals surface area contributed by atoms with E-state index < -0.39 is 0 Å². The molecule has 0 saturated carbocycles. The van der Waals surface area contributed by atoms with Gasteiger partial charge < -0.3 is 10.6 Å². The lowest BCUT2D eigenvalue weighted by atomic mass is 10.1. The summed E-state index contributed by atoms with van der Waals surface area (Å²) in [7, 11) is 0. The maximum absolute atomic E-state index is 5.91. The van der Waals surface area contributed by atoms with E-state index in [1.807, 2.05) is 17.5 Å². The van der Waals surface area contributed by atoms with E-state index in [0.29, 0.717) is 6.04 Å². The van der Waals surface area contributed by atoms with Crippen molar-refractivity contribution in [2.45, 2.75) is 25.8 Å². The fourth-order valence-corrected chi connectivity index (χ4v) is 2.26. The standard InChI is InChI=1S/C11H16N6/c1-8-14-15-11-10(13-4-7-17(8)11)16-5-2-9(12)3-6-16/h4,7,9H,2-3,5-6,12H2,1H3. The topological polar surface area (TPSA) is 72.3 Å². The summed E-state index contributed by atoms with van der Waals surface area (Å²) in [4.78, 5) is 6.67. The second-order valence-corrected chi connectivity index (χ2v) is 4.52. The Labute approximate surface area is 99.5 Å². The van der Waals surface area contributed by atoms with Crippen LogP contribution in [-0.4, -0.2) is 38.7 Å².